The maximum absolute atomic E-state index is 10.5. The fraction of sp³-hybridized carbons (Fsp3) is 0.182. The minimum atomic E-state index is 0.485. The van der Waals surface area contributed by atoms with Crippen molar-refractivity contribution in [3.63, 3.8) is 0 Å². The van der Waals surface area contributed by atoms with E-state index in [9.17, 15) is 4.91 Å². The fourth-order valence-electron chi connectivity index (χ4n) is 1.36. The van der Waals surface area contributed by atoms with E-state index in [0.717, 1.165) is 16.7 Å². The Kier molecular flexibility index (Phi) is 3.14. The Morgan fingerprint density at radius 2 is 1.93 bits per heavy atom. The second-order valence-corrected chi connectivity index (χ2v) is 3.06. The number of benzene rings is 1. The van der Waals surface area contributed by atoms with Gasteiger partial charge < -0.3 is 0 Å². The molecule has 0 aliphatic heterocycles. The summed E-state index contributed by atoms with van der Waals surface area (Å²) < 4.78 is 0. The molecule has 0 bridgehead atoms. The maximum atomic E-state index is 10.5. The van der Waals surface area contributed by atoms with Gasteiger partial charge in [0, 0.05) is 6.08 Å². The van der Waals surface area contributed by atoms with E-state index in [0.29, 0.717) is 5.69 Å². The van der Waals surface area contributed by atoms with Gasteiger partial charge in [-0.3, -0.25) is 0 Å². The third kappa shape index (κ3) is 2.05. The molecule has 3 nitrogen and oxygen atoms in total. The van der Waals surface area contributed by atoms with Gasteiger partial charge in [-0.05, 0) is 53.9 Å². The predicted molar refractivity (Wildman–Crippen MR) is 56.0 cm³/mol. The average molecular weight is 186 g/mol. The van der Waals surface area contributed by atoms with E-state index in [-0.39, 0.29) is 0 Å². The SMILES string of the molecule is Cc1cc(/C=C/C#N)cc(C)c1N=O. The summed E-state index contributed by atoms with van der Waals surface area (Å²) in [6.45, 7) is 3.65. The third-order valence-corrected chi connectivity index (χ3v) is 1.95. The van der Waals surface area contributed by atoms with E-state index in [1.54, 1.807) is 6.08 Å². The van der Waals surface area contributed by atoms with Crippen LogP contribution in [0, 0.1) is 30.1 Å². The largest absolute Gasteiger partial charge is 0.193 e. The lowest BCUT2D eigenvalue weighted by Crippen LogP contribution is -1.82. The van der Waals surface area contributed by atoms with Crippen LogP contribution >= 0.6 is 0 Å². The molecule has 0 radical (unpaired) electrons. The van der Waals surface area contributed by atoms with Gasteiger partial charge in [0.05, 0.1) is 6.07 Å². The quantitative estimate of drug-likeness (QED) is 0.525. The second-order valence-electron chi connectivity index (χ2n) is 3.06. The number of rotatable bonds is 2. The molecule has 0 unspecified atom stereocenters. The first-order valence-corrected chi connectivity index (χ1v) is 4.20. The highest BCUT2D eigenvalue weighted by Gasteiger charge is 2.03. The van der Waals surface area contributed by atoms with Crippen molar-refractivity contribution in [2.45, 2.75) is 13.8 Å². The van der Waals surface area contributed by atoms with Crippen molar-refractivity contribution in [3.8, 4) is 6.07 Å². The molecule has 14 heavy (non-hydrogen) atoms. The van der Waals surface area contributed by atoms with Crippen LogP contribution in [0.1, 0.15) is 16.7 Å². The molecule has 1 rings (SSSR count). The summed E-state index contributed by atoms with van der Waals surface area (Å²) in [6.07, 6.45) is 3.11. The molecule has 0 heterocycles. The lowest BCUT2D eigenvalue weighted by Gasteiger charge is -2.03. The predicted octanol–water partition coefficient (Wildman–Crippen LogP) is 3.24. The molecule has 0 aliphatic rings. The first kappa shape index (κ1) is 10.1. The topological polar surface area (TPSA) is 53.2 Å². The Hall–Kier alpha value is -1.95. The normalized spacial score (nSPS) is 10.1. The van der Waals surface area contributed by atoms with E-state index in [4.69, 9.17) is 5.26 Å². The van der Waals surface area contributed by atoms with Crippen molar-refractivity contribution >= 4 is 11.8 Å². The Balaban J connectivity index is 3.22. The summed E-state index contributed by atoms with van der Waals surface area (Å²) in [5.74, 6) is 0. The Labute approximate surface area is 82.7 Å². The maximum Gasteiger partial charge on any atom is 0.113 e. The Morgan fingerprint density at radius 1 is 1.36 bits per heavy atom. The van der Waals surface area contributed by atoms with Crippen LogP contribution in [0.2, 0.25) is 0 Å². The van der Waals surface area contributed by atoms with Crippen molar-refractivity contribution in [2.75, 3.05) is 0 Å². The first-order valence-electron chi connectivity index (χ1n) is 4.20. The highest BCUT2D eigenvalue weighted by Crippen LogP contribution is 2.25. The first-order chi connectivity index (χ1) is 6.69. The number of aryl methyl sites for hydroxylation is 2. The molecule has 0 atom stereocenters. The van der Waals surface area contributed by atoms with E-state index in [1.165, 1.54) is 6.08 Å². The number of hydrogen-bond donors (Lipinski definition) is 0. The lowest BCUT2D eigenvalue weighted by molar-refractivity contribution is 1.31. The van der Waals surface area contributed by atoms with Gasteiger partial charge in [0.15, 0.2) is 0 Å². The molecule has 0 fully saturated rings. The molecule has 0 saturated heterocycles. The number of nitroso groups, excluding NO2 is 1. The molecule has 1 aromatic rings. The molecule has 0 aliphatic carbocycles. The van der Waals surface area contributed by atoms with Crippen LogP contribution in [0.5, 0.6) is 0 Å². The van der Waals surface area contributed by atoms with Gasteiger partial charge >= 0.3 is 0 Å². The second kappa shape index (κ2) is 4.33. The van der Waals surface area contributed by atoms with E-state index < -0.39 is 0 Å². The summed E-state index contributed by atoms with van der Waals surface area (Å²) in [7, 11) is 0. The highest BCUT2D eigenvalue weighted by atomic mass is 16.3. The standard InChI is InChI=1S/C11H10N2O/c1-8-6-10(4-3-5-12)7-9(2)11(8)13-14/h3-4,6-7H,1-2H3/b4-3+. The van der Waals surface area contributed by atoms with Gasteiger partial charge in [-0.1, -0.05) is 0 Å². The summed E-state index contributed by atoms with van der Waals surface area (Å²) in [5, 5.41) is 11.3. The summed E-state index contributed by atoms with van der Waals surface area (Å²) in [6, 6.07) is 5.58. The number of hydrogen-bond acceptors (Lipinski definition) is 3. The van der Waals surface area contributed by atoms with Gasteiger partial charge in [-0.25, -0.2) is 0 Å². The molecule has 0 aromatic heterocycles. The van der Waals surface area contributed by atoms with Crippen LogP contribution in [0.15, 0.2) is 23.4 Å². The van der Waals surface area contributed by atoms with Gasteiger partial charge in [0.2, 0.25) is 0 Å². The molecule has 0 amide bonds. The zero-order valence-electron chi connectivity index (χ0n) is 8.11. The molecule has 1 aromatic carbocycles. The molecular formula is C11H10N2O. The van der Waals surface area contributed by atoms with Crippen molar-refractivity contribution in [1.29, 1.82) is 5.26 Å². The van der Waals surface area contributed by atoms with Crippen LogP contribution in [-0.4, -0.2) is 0 Å². The third-order valence-electron chi connectivity index (χ3n) is 1.95. The van der Waals surface area contributed by atoms with Crippen LogP contribution in [0.3, 0.4) is 0 Å². The molecule has 0 spiro atoms. The monoisotopic (exact) mass is 186 g/mol. The van der Waals surface area contributed by atoms with Gasteiger partial charge in [-0.2, -0.15) is 5.26 Å². The van der Waals surface area contributed by atoms with Crippen LogP contribution in [-0.2, 0) is 0 Å². The zero-order valence-corrected chi connectivity index (χ0v) is 8.11. The minimum absolute atomic E-state index is 0.485. The average Bonchev–Trinajstić information content (AvgIpc) is 2.14. The van der Waals surface area contributed by atoms with Crippen molar-refractivity contribution in [3.05, 3.63) is 39.8 Å². The van der Waals surface area contributed by atoms with Crippen LogP contribution in [0.25, 0.3) is 6.08 Å². The molecule has 70 valence electrons. The zero-order chi connectivity index (χ0) is 10.6. The molecule has 3 heteroatoms. The van der Waals surface area contributed by atoms with Gasteiger partial charge in [0.1, 0.15) is 5.69 Å². The minimum Gasteiger partial charge on any atom is -0.193 e. The van der Waals surface area contributed by atoms with Gasteiger partial charge in [0.25, 0.3) is 0 Å². The van der Waals surface area contributed by atoms with Crippen LogP contribution < -0.4 is 0 Å². The van der Waals surface area contributed by atoms with Crippen molar-refractivity contribution in [2.24, 2.45) is 5.18 Å². The summed E-state index contributed by atoms with van der Waals surface area (Å²) >= 11 is 0. The van der Waals surface area contributed by atoms with Crippen molar-refractivity contribution in [1.82, 2.24) is 0 Å². The van der Waals surface area contributed by atoms with E-state index in [2.05, 4.69) is 5.18 Å². The Bertz CT molecular complexity index is 404. The highest BCUT2D eigenvalue weighted by molar-refractivity contribution is 5.61. The van der Waals surface area contributed by atoms with Crippen LogP contribution in [0.4, 0.5) is 5.69 Å². The molecule has 0 N–H and O–H groups in total. The van der Waals surface area contributed by atoms with Gasteiger partial charge in [-0.15, -0.1) is 4.91 Å². The van der Waals surface area contributed by atoms with E-state index in [1.807, 2.05) is 32.0 Å². The fourth-order valence-corrected chi connectivity index (χ4v) is 1.36. The lowest BCUT2D eigenvalue weighted by atomic mass is 10.0. The summed E-state index contributed by atoms with van der Waals surface area (Å²) in [5.41, 5.74) is 3.06. The number of allylic oxidation sites excluding steroid dienone is 1. The molecule has 0 saturated carbocycles. The van der Waals surface area contributed by atoms with E-state index >= 15 is 0 Å². The Morgan fingerprint density at radius 3 is 2.36 bits per heavy atom. The number of nitrogens with zero attached hydrogens (tertiary/aromatic N) is 2. The number of nitriles is 1. The smallest absolute Gasteiger partial charge is 0.113 e. The summed E-state index contributed by atoms with van der Waals surface area (Å²) in [4.78, 5) is 10.5. The van der Waals surface area contributed by atoms with Crippen molar-refractivity contribution < 1.29 is 0 Å². The molecular weight excluding hydrogens is 176 g/mol.